The van der Waals surface area contributed by atoms with E-state index in [0.29, 0.717) is 25.6 Å². The fraction of sp³-hybridized carbons (Fsp3) is 0.714. The number of carbonyl (C=O) groups excluding carboxylic acids is 1. The predicted octanol–water partition coefficient (Wildman–Crippen LogP) is 3.40. The van der Waals surface area contributed by atoms with Crippen molar-refractivity contribution in [3.63, 3.8) is 0 Å². The number of hydrogen-bond donors (Lipinski definition) is 0. The first-order chi connectivity index (χ1) is 12.4. The van der Waals surface area contributed by atoms with Crippen molar-refractivity contribution in [3.05, 3.63) is 22.8 Å². The monoisotopic (exact) mass is 357 g/mol. The van der Waals surface area contributed by atoms with Gasteiger partial charge in [0.2, 0.25) is 0 Å². The number of oxime groups is 1. The van der Waals surface area contributed by atoms with E-state index in [1.54, 1.807) is 0 Å². The smallest absolute Gasteiger partial charge is 0.334 e. The summed E-state index contributed by atoms with van der Waals surface area (Å²) in [7, 11) is 1.46. The third-order valence-corrected chi connectivity index (χ3v) is 8.25. The molecule has 3 fully saturated rings. The Morgan fingerprint density at radius 3 is 2.88 bits per heavy atom. The first-order valence-corrected chi connectivity index (χ1v) is 9.68. The minimum Gasteiger partial charge on any atom is -0.466 e. The number of ether oxygens (including phenoxy) is 2. The summed E-state index contributed by atoms with van der Waals surface area (Å²) in [6, 6.07) is 0. The van der Waals surface area contributed by atoms with Gasteiger partial charge in [0.05, 0.1) is 25.5 Å². The van der Waals surface area contributed by atoms with Gasteiger partial charge in [0.25, 0.3) is 0 Å². The second-order valence-corrected chi connectivity index (χ2v) is 9.21. The molecule has 5 aliphatic rings. The van der Waals surface area contributed by atoms with Crippen molar-refractivity contribution in [1.82, 2.24) is 0 Å². The number of esters is 1. The number of hydrogen-bond acceptors (Lipinski definition) is 5. The third kappa shape index (κ3) is 1.71. The number of rotatable bonds is 1. The lowest BCUT2D eigenvalue weighted by molar-refractivity contribution is -0.136. The summed E-state index contributed by atoms with van der Waals surface area (Å²) in [6.07, 6.45) is 6.14. The standard InChI is InChI=1S/C21H27NO4/c1-19-8-7-16-20(2,11-26-22-16)15(19)9-17-21(3)13(10-25-17)12(18(23)24-4)5-6-14(19)21/h6,15,17H,5,7-11H2,1-4H3/t15-,17-,19-,20+,21+/m1/s1. The summed E-state index contributed by atoms with van der Waals surface area (Å²) in [5.74, 6) is 0.246. The average Bonchev–Trinajstić information content (AvgIpc) is 3.16. The summed E-state index contributed by atoms with van der Waals surface area (Å²) in [4.78, 5) is 17.9. The summed E-state index contributed by atoms with van der Waals surface area (Å²) in [6.45, 7) is 8.24. The van der Waals surface area contributed by atoms with E-state index in [1.807, 2.05) is 0 Å². The van der Waals surface area contributed by atoms with Crippen LogP contribution in [0.25, 0.3) is 0 Å². The molecule has 2 heterocycles. The van der Waals surface area contributed by atoms with Crippen molar-refractivity contribution in [1.29, 1.82) is 0 Å². The maximum atomic E-state index is 12.3. The lowest BCUT2D eigenvalue weighted by atomic mass is 9.43. The molecule has 0 radical (unpaired) electrons. The van der Waals surface area contributed by atoms with Crippen molar-refractivity contribution in [2.45, 2.75) is 52.6 Å². The minimum absolute atomic E-state index is 0.00633. The molecule has 140 valence electrons. The van der Waals surface area contributed by atoms with Gasteiger partial charge in [0, 0.05) is 16.4 Å². The molecule has 2 saturated carbocycles. The minimum atomic E-state index is -0.206. The molecule has 5 nitrogen and oxygen atoms in total. The first kappa shape index (κ1) is 16.5. The van der Waals surface area contributed by atoms with Gasteiger partial charge in [-0.2, -0.15) is 0 Å². The van der Waals surface area contributed by atoms with Gasteiger partial charge in [-0.3, -0.25) is 0 Å². The fourth-order valence-electron chi connectivity index (χ4n) is 6.81. The fourth-order valence-corrected chi connectivity index (χ4v) is 6.81. The van der Waals surface area contributed by atoms with E-state index in [4.69, 9.17) is 14.3 Å². The molecule has 5 rings (SSSR count). The van der Waals surface area contributed by atoms with Crippen LogP contribution in [0.5, 0.6) is 0 Å². The van der Waals surface area contributed by atoms with Gasteiger partial charge in [0.15, 0.2) is 0 Å². The van der Waals surface area contributed by atoms with Crippen LogP contribution >= 0.6 is 0 Å². The topological polar surface area (TPSA) is 57.1 Å². The van der Waals surface area contributed by atoms with Crippen LogP contribution in [-0.2, 0) is 19.1 Å². The van der Waals surface area contributed by atoms with Crippen LogP contribution in [0.3, 0.4) is 0 Å². The van der Waals surface area contributed by atoms with Crippen molar-refractivity contribution in [2.24, 2.45) is 27.3 Å². The quantitative estimate of drug-likeness (QED) is 0.533. The second kappa shape index (κ2) is 5.00. The summed E-state index contributed by atoms with van der Waals surface area (Å²) < 4.78 is 11.4. The molecule has 2 aliphatic heterocycles. The van der Waals surface area contributed by atoms with Crippen LogP contribution < -0.4 is 0 Å². The molecule has 0 amide bonds. The zero-order valence-corrected chi connectivity index (χ0v) is 16.1. The molecule has 0 spiro atoms. The van der Waals surface area contributed by atoms with Crippen LogP contribution in [0, 0.1) is 22.2 Å². The molecule has 0 unspecified atom stereocenters. The van der Waals surface area contributed by atoms with Crippen LogP contribution in [-0.4, -0.2) is 38.1 Å². The molecule has 0 N–H and O–H groups in total. The molecule has 5 atom stereocenters. The maximum Gasteiger partial charge on any atom is 0.334 e. The summed E-state index contributed by atoms with van der Waals surface area (Å²) >= 11 is 0. The average molecular weight is 357 g/mol. The van der Waals surface area contributed by atoms with Gasteiger partial charge in [-0.15, -0.1) is 0 Å². The Morgan fingerprint density at radius 2 is 2.12 bits per heavy atom. The Bertz CT molecular complexity index is 796. The highest BCUT2D eigenvalue weighted by Gasteiger charge is 2.66. The van der Waals surface area contributed by atoms with Gasteiger partial charge in [-0.1, -0.05) is 30.7 Å². The molecule has 1 saturated heterocycles. The molecule has 26 heavy (non-hydrogen) atoms. The number of allylic oxidation sites excluding steroid dienone is 1. The van der Waals surface area contributed by atoms with E-state index in [0.717, 1.165) is 30.4 Å². The molecule has 0 aromatic heterocycles. The Morgan fingerprint density at radius 1 is 1.31 bits per heavy atom. The molecule has 0 bridgehead atoms. The first-order valence-electron chi connectivity index (χ1n) is 9.68. The summed E-state index contributed by atoms with van der Waals surface area (Å²) in [5, 5.41) is 4.37. The van der Waals surface area contributed by atoms with Crippen LogP contribution in [0.2, 0.25) is 0 Å². The van der Waals surface area contributed by atoms with Gasteiger partial charge in [-0.05, 0) is 49.5 Å². The molecule has 0 aromatic carbocycles. The van der Waals surface area contributed by atoms with Crippen molar-refractivity contribution in [2.75, 3.05) is 20.3 Å². The Balaban J connectivity index is 1.64. The van der Waals surface area contributed by atoms with Crippen molar-refractivity contribution >= 4 is 11.7 Å². The highest BCUT2D eigenvalue weighted by molar-refractivity contribution is 5.93. The third-order valence-electron chi connectivity index (χ3n) is 8.25. The lowest BCUT2D eigenvalue weighted by Gasteiger charge is -2.60. The Kier molecular flexibility index (Phi) is 3.18. The predicted molar refractivity (Wildman–Crippen MR) is 96.5 cm³/mol. The van der Waals surface area contributed by atoms with E-state index >= 15 is 0 Å². The SMILES string of the molecule is COC(=O)C1=C2CO[C@@H]3C[C@@H]4[C@](C)(CCC5=NOC[C@]54C)C(=CC1)[C@]23C. The highest BCUT2D eigenvalue weighted by Crippen LogP contribution is 2.68. The van der Waals surface area contributed by atoms with Crippen molar-refractivity contribution in [3.8, 4) is 0 Å². The summed E-state index contributed by atoms with van der Waals surface area (Å²) in [5.41, 5.74) is 4.55. The molecule has 0 aromatic rings. The molecular formula is C21H27NO4. The van der Waals surface area contributed by atoms with Gasteiger partial charge in [0.1, 0.15) is 6.61 Å². The number of nitrogens with zero attached hydrogens (tertiary/aromatic N) is 1. The van der Waals surface area contributed by atoms with E-state index in [1.165, 1.54) is 18.4 Å². The second-order valence-electron chi connectivity index (χ2n) is 9.21. The lowest BCUT2D eigenvalue weighted by Crippen LogP contribution is -2.58. The van der Waals surface area contributed by atoms with Crippen LogP contribution in [0.4, 0.5) is 0 Å². The number of fused-ring (bicyclic) bond motifs is 4. The normalized spacial score (nSPS) is 45.8. The molecular weight excluding hydrogens is 330 g/mol. The van der Waals surface area contributed by atoms with Crippen LogP contribution in [0.15, 0.2) is 28.0 Å². The number of carbonyl (C=O) groups is 1. The largest absolute Gasteiger partial charge is 0.466 e. The Hall–Kier alpha value is -1.62. The van der Waals surface area contributed by atoms with Gasteiger partial charge >= 0.3 is 5.97 Å². The van der Waals surface area contributed by atoms with Crippen molar-refractivity contribution < 1.29 is 19.1 Å². The zero-order chi connectivity index (χ0) is 18.3. The van der Waals surface area contributed by atoms with Gasteiger partial charge < -0.3 is 14.3 Å². The van der Waals surface area contributed by atoms with E-state index in [2.05, 4.69) is 32.0 Å². The zero-order valence-electron chi connectivity index (χ0n) is 16.1. The van der Waals surface area contributed by atoms with E-state index in [-0.39, 0.29) is 28.3 Å². The highest BCUT2D eigenvalue weighted by atomic mass is 16.6. The van der Waals surface area contributed by atoms with Gasteiger partial charge in [-0.25, -0.2) is 4.79 Å². The maximum absolute atomic E-state index is 12.3. The Labute approximate surface area is 154 Å². The van der Waals surface area contributed by atoms with E-state index in [9.17, 15) is 4.79 Å². The van der Waals surface area contributed by atoms with E-state index < -0.39 is 0 Å². The number of methoxy groups -OCH3 is 1. The molecule has 5 heteroatoms. The molecule has 3 aliphatic carbocycles. The van der Waals surface area contributed by atoms with Crippen LogP contribution in [0.1, 0.15) is 46.5 Å².